The number of hydrogen-bond acceptors (Lipinski definition) is 18. The van der Waals surface area contributed by atoms with Gasteiger partial charge in [0.2, 0.25) is 41.2 Å². The highest BCUT2D eigenvalue weighted by molar-refractivity contribution is 6.31. The van der Waals surface area contributed by atoms with E-state index in [1.165, 1.54) is 46.1 Å². The molecule has 2 aliphatic carbocycles. The van der Waals surface area contributed by atoms with Gasteiger partial charge in [0.15, 0.2) is 17.9 Å². The van der Waals surface area contributed by atoms with Crippen molar-refractivity contribution in [3.63, 3.8) is 0 Å². The number of carboxylic acid groups (broad SMARTS) is 1. The summed E-state index contributed by atoms with van der Waals surface area (Å²) in [4.78, 5) is 130. The SMILES string of the molecule is COc1cccc2c1C(=O)c1c(O)c3c(c(O)c1C2=O)C[C@@](O)(C(=O)CO)C[C@@H]3O[C@H]1CC(NC(=O)C(CC(C)C)NC(=O)C(CC(N)=O)NC(=O)C(C)NC(=O)C(C)NC(=O)CCC(=O)O)[C@@H](O)C(C)O1. The third-order valence-corrected chi connectivity index (χ3v) is 12.6. The van der Waals surface area contributed by atoms with Crippen molar-refractivity contribution in [2.45, 2.75) is 140 Å². The Labute approximate surface area is 411 Å². The van der Waals surface area contributed by atoms with E-state index in [0.717, 1.165) is 0 Å². The van der Waals surface area contributed by atoms with Crippen LogP contribution in [0.2, 0.25) is 0 Å². The number of amides is 6. The zero-order chi connectivity index (χ0) is 53.7. The number of aliphatic hydroxyl groups excluding tert-OH is 2. The molecule has 0 bridgehead atoms. The Morgan fingerprint density at radius 3 is 2.08 bits per heavy atom. The molecule has 0 aromatic heterocycles. The number of rotatable bonds is 21. The number of phenols is 2. The molecule has 3 aliphatic rings. The van der Waals surface area contributed by atoms with E-state index in [1.54, 1.807) is 13.8 Å². The van der Waals surface area contributed by atoms with E-state index < -0.39 is 181 Å². The molecule has 0 saturated carbocycles. The third-order valence-electron chi connectivity index (χ3n) is 12.6. The normalized spacial score (nSPS) is 22.9. The number of fused-ring (bicyclic) bond motifs is 3. The molecule has 25 heteroatoms. The molecule has 25 nitrogen and oxygen atoms in total. The lowest BCUT2D eigenvalue weighted by Gasteiger charge is -2.43. The molecule has 1 heterocycles. The minimum absolute atomic E-state index is 0.00500. The zero-order valence-corrected chi connectivity index (χ0v) is 40.2. The molecule has 1 saturated heterocycles. The first-order valence-corrected chi connectivity index (χ1v) is 23.0. The summed E-state index contributed by atoms with van der Waals surface area (Å²) in [5.74, 6) is -11.6. The van der Waals surface area contributed by atoms with Gasteiger partial charge in [-0.3, -0.25) is 47.9 Å². The molecule has 0 radical (unpaired) electrons. The molecule has 72 heavy (non-hydrogen) atoms. The van der Waals surface area contributed by atoms with Crippen LogP contribution in [-0.2, 0) is 54.3 Å². The first kappa shape index (κ1) is 55.9. The average molecular weight is 1010 g/mol. The van der Waals surface area contributed by atoms with E-state index >= 15 is 0 Å². The molecule has 1 aliphatic heterocycles. The molecule has 0 spiro atoms. The molecular formula is C47H60N6O19. The van der Waals surface area contributed by atoms with E-state index in [2.05, 4.69) is 26.6 Å². The predicted octanol–water partition coefficient (Wildman–Crippen LogP) is -2.08. The van der Waals surface area contributed by atoms with E-state index in [0.29, 0.717) is 0 Å². The number of aliphatic hydroxyl groups is 3. The number of methoxy groups -OCH3 is 1. The summed E-state index contributed by atoms with van der Waals surface area (Å²) in [7, 11) is 1.26. The van der Waals surface area contributed by atoms with Crippen LogP contribution in [0.25, 0.3) is 0 Å². The van der Waals surface area contributed by atoms with E-state index in [9.17, 15) is 73.5 Å². The number of aliphatic carboxylic acids is 1. The second kappa shape index (κ2) is 23.0. The largest absolute Gasteiger partial charge is 0.507 e. The number of carbonyl (C=O) groups is 10. The molecule has 392 valence electrons. The summed E-state index contributed by atoms with van der Waals surface area (Å²) in [6.45, 7) is 6.21. The third kappa shape index (κ3) is 12.3. The molecule has 5 rings (SSSR count). The minimum atomic E-state index is -2.47. The number of ketones is 3. The zero-order valence-electron chi connectivity index (χ0n) is 40.2. The number of aromatic hydroxyl groups is 2. The Bertz CT molecular complexity index is 2530. The van der Waals surface area contributed by atoms with Crippen molar-refractivity contribution in [2.24, 2.45) is 11.7 Å². The maximum Gasteiger partial charge on any atom is 0.303 e. The topological polar surface area (TPSA) is 406 Å². The summed E-state index contributed by atoms with van der Waals surface area (Å²) in [6.07, 6.45) is -9.15. The molecule has 6 amide bonds. The van der Waals surface area contributed by atoms with Crippen molar-refractivity contribution in [1.82, 2.24) is 26.6 Å². The number of carboxylic acids is 1. The van der Waals surface area contributed by atoms with Crippen LogP contribution in [-0.4, -0.2) is 157 Å². The summed E-state index contributed by atoms with van der Waals surface area (Å²) < 4.78 is 17.5. The highest BCUT2D eigenvalue weighted by Gasteiger charge is 2.50. The van der Waals surface area contributed by atoms with Crippen molar-refractivity contribution >= 4 is 58.8 Å². The number of hydrogen-bond donors (Lipinski definition) is 12. The number of ether oxygens (including phenoxy) is 3. The van der Waals surface area contributed by atoms with Crippen LogP contribution < -0.4 is 37.1 Å². The van der Waals surface area contributed by atoms with Gasteiger partial charge in [0.05, 0.1) is 54.9 Å². The Balaban J connectivity index is 1.36. The molecule has 6 unspecified atom stereocenters. The van der Waals surface area contributed by atoms with Crippen LogP contribution in [0.1, 0.15) is 122 Å². The van der Waals surface area contributed by atoms with Crippen molar-refractivity contribution in [2.75, 3.05) is 13.7 Å². The number of benzene rings is 2. The molecule has 2 aromatic carbocycles. The quantitative estimate of drug-likeness (QED) is 0.0510. The fourth-order valence-electron chi connectivity index (χ4n) is 8.83. The standard InChI is InChI=1S/C47H60N6O19/c1-18(2)12-25(53-46(68)26(13-30(48)56)52-44(66)20(4)50-43(65)19(3)49-31(57)10-11-32(58)59)45(67)51-24-14-33(71-21(5)38(24)60)72-28-16-47(69,29(55)17-54)15-23-35(28)42(64)37-36(40(23)62)39(61)22-8-7-9-27(70-6)34(22)41(37)63/h7-9,18-21,24-26,28,33,38,54,60,62,64,69H,10-17H2,1-6H3,(H2,48,56)(H,49,57)(H,50,65)(H,51,67)(H,52,66)(H,53,68)(H,58,59)/t19?,20?,21?,24?,25?,26?,28-,33-,38-,47-/m0/s1. The maximum atomic E-state index is 14.1. The lowest BCUT2D eigenvalue weighted by atomic mass is 9.72. The van der Waals surface area contributed by atoms with Crippen LogP contribution in [0.5, 0.6) is 17.2 Å². The maximum absolute atomic E-state index is 14.1. The highest BCUT2D eigenvalue weighted by atomic mass is 16.7. The number of nitrogens with two attached hydrogens (primary N) is 1. The Morgan fingerprint density at radius 1 is 0.847 bits per heavy atom. The fourth-order valence-corrected chi connectivity index (χ4v) is 8.83. The molecule has 13 N–H and O–H groups in total. The highest BCUT2D eigenvalue weighted by Crippen LogP contribution is 2.52. The van der Waals surface area contributed by atoms with Gasteiger partial charge in [0.1, 0.15) is 59.7 Å². The van der Waals surface area contributed by atoms with Crippen molar-refractivity contribution in [1.29, 1.82) is 0 Å². The number of primary amides is 1. The van der Waals surface area contributed by atoms with E-state index in [4.69, 9.17) is 25.1 Å². The van der Waals surface area contributed by atoms with Gasteiger partial charge in [0.25, 0.3) is 0 Å². The van der Waals surface area contributed by atoms with Gasteiger partial charge in [0, 0.05) is 42.4 Å². The summed E-state index contributed by atoms with van der Waals surface area (Å²) in [5, 5.41) is 77.3. The van der Waals surface area contributed by atoms with Crippen LogP contribution >= 0.6 is 0 Å². The van der Waals surface area contributed by atoms with Gasteiger partial charge in [-0.1, -0.05) is 26.0 Å². The summed E-state index contributed by atoms with van der Waals surface area (Å²) >= 11 is 0. The van der Waals surface area contributed by atoms with Gasteiger partial charge in [-0.15, -0.1) is 0 Å². The van der Waals surface area contributed by atoms with E-state index in [-0.39, 0.29) is 46.8 Å². The van der Waals surface area contributed by atoms with Crippen molar-refractivity contribution in [3.05, 3.63) is 51.6 Å². The number of Topliss-reactive ketones (excluding diaryl/α,β-unsaturated/α-hetero) is 1. The fraction of sp³-hybridized carbons (Fsp3) is 0.532. The molecule has 1 fully saturated rings. The van der Waals surface area contributed by atoms with Gasteiger partial charge in [-0.25, -0.2) is 0 Å². The average Bonchev–Trinajstić information content (AvgIpc) is 3.30. The number of phenolic OH excluding ortho intramolecular Hbond substituents is 2. The summed E-state index contributed by atoms with van der Waals surface area (Å²) in [5.41, 5.74) is 0.702. The van der Waals surface area contributed by atoms with Crippen LogP contribution in [0.4, 0.5) is 0 Å². The number of nitrogens with one attached hydrogen (secondary N) is 5. The Morgan fingerprint density at radius 2 is 1.47 bits per heavy atom. The number of carbonyl (C=O) groups excluding carboxylic acids is 9. The Kier molecular flexibility index (Phi) is 17.8. The first-order chi connectivity index (χ1) is 33.7. The lowest BCUT2D eigenvalue weighted by molar-refractivity contribution is -0.249. The predicted molar refractivity (Wildman–Crippen MR) is 245 cm³/mol. The monoisotopic (exact) mass is 1010 g/mol. The Hall–Kier alpha value is -7.06. The van der Waals surface area contributed by atoms with Crippen LogP contribution in [0, 0.1) is 5.92 Å². The second-order valence-corrected chi connectivity index (χ2v) is 18.4. The van der Waals surface area contributed by atoms with Crippen molar-refractivity contribution in [3.8, 4) is 17.2 Å². The van der Waals surface area contributed by atoms with Crippen LogP contribution in [0.3, 0.4) is 0 Å². The van der Waals surface area contributed by atoms with Crippen LogP contribution in [0.15, 0.2) is 18.2 Å². The minimum Gasteiger partial charge on any atom is -0.507 e. The van der Waals surface area contributed by atoms with Crippen molar-refractivity contribution < 1.29 is 92.8 Å². The first-order valence-electron chi connectivity index (χ1n) is 23.0. The molecular weight excluding hydrogens is 953 g/mol. The summed E-state index contributed by atoms with van der Waals surface area (Å²) in [6, 6.07) is -2.70. The van der Waals surface area contributed by atoms with E-state index in [1.807, 2.05) is 0 Å². The smallest absolute Gasteiger partial charge is 0.303 e. The molecule has 2 aromatic rings. The van der Waals surface area contributed by atoms with Gasteiger partial charge in [-0.05, 0) is 39.2 Å². The van der Waals surface area contributed by atoms with Gasteiger partial charge in [-0.2, -0.15) is 0 Å². The van der Waals surface area contributed by atoms with Gasteiger partial charge < -0.3 is 77.2 Å². The van der Waals surface area contributed by atoms with Gasteiger partial charge >= 0.3 is 5.97 Å². The molecule has 10 atom stereocenters. The second-order valence-electron chi connectivity index (χ2n) is 18.4. The lowest BCUT2D eigenvalue weighted by Crippen LogP contribution is -2.61.